The van der Waals surface area contributed by atoms with Gasteiger partial charge in [-0.3, -0.25) is 0 Å². The number of imidazole rings is 1. The van der Waals surface area contributed by atoms with E-state index in [0.717, 1.165) is 5.69 Å². The number of aliphatic hydroxyl groups is 1. The summed E-state index contributed by atoms with van der Waals surface area (Å²) >= 11 is 0. The Bertz CT molecular complexity index is 662. The number of rotatable bonds is 1. The third-order valence-electron chi connectivity index (χ3n) is 4.69. The highest BCUT2D eigenvalue weighted by molar-refractivity contribution is 5.69. The molecular formula is C16H18N2O2. The van der Waals surface area contributed by atoms with Crippen LogP contribution in [0.3, 0.4) is 0 Å². The van der Waals surface area contributed by atoms with Crippen LogP contribution in [0.15, 0.2) is 36.8 Å². The number of aromatic nitrogens is 2. The summed E-state index contributed by atoms with van der Waals surface area (Å²) in [6.07, 6.45) is 3.28. The van der Waals surface area contributed by atoms with Crippen molar-refractivity contribution in [3.63, 3.8) is 0 Å². The molecule has 4 heteroatoms. The van der Waals surface area contributed by atoms with E-state index in [1.807, 2.05) is 32.4 Å². The van der Waals surface area contributed by atoms with Gasteiger partial charge in [-0.05, 0) is 19.4 Å². The van der Waals surface area contributed by atoms with Gasteiger partial charge < -0.3 is 14.4 Å². The number of benzene rings is 1. The van der Waals surface area contributed by atoms with Gasteiger partial charge in [-0.1, -0.05) is 24.3 Å². The van der Waals surface area contributed by atoms with Crippen LogP contribution in [0.25, 0.3) is 11.3 Å². The van der Waals surface area contributed by atoms with E-state index in [2.05, 4.69) is 27.8 Å². The Kier molecular flexibility index (Phi) is 2.38. The highest BCUT2D eigenvalue weighted by Crippen LogP contribution is 2.47. The summed E-state index contributed by atoms with van der Waals surface area (Å²) in [4.78, 5) is 4.27. The van der Waals surface area contributed by atoms with Crippen molar-refractivity contribution in [2.45, 2.75) is 31.6 Å². The van der Waals surface area contributed by atoms with Crippen LogP contribution in [0, 0.1) is 5.92 Å². The van der Waals surface area contributed by atoms with E-state index in [0.29, 0.717) is 6.61 Å². The average molecular weight is 270 g/mol. The van der Waals surface area contributed by atoms with E-state index < -0.39 is 11.7 Å². The molecule has 1 aromatic carbocycles. The smallest absolute Gasteiger partial charge is 0.0956 e. The third kappa shape index (κ3) is 1.46. The minimum absolute atomic E-state index is 0.0570. The second-order valence-corrected chi connectivity index (χ2v) is 6.24. The third-order valence-corrected chi connectivity index (χ3v) is 4.69. The maximum atomic E-state index is 10.6. The monoisotopic (exact) mass is 270 g/mol. The summed E-state index contributed by atoms with van der Waals surface area (Å²) < 4.78 is 7.97. The van der Waals surface area contributed by atoms with E-state index in [-0.39, 0.29) is 12.0 Å². The molecule has 4 rings (SSSR count). The van der Waals surface area contributed by atoms with Gasteiger partial charge in [0.05, 0.1) is 42.6 Å². The van der Waals surface area contributed by atoms with Crippen LogP contribution in [-0.2, 0) is 4.74 Å². The first-order valence-electron chi connectivity index (χ1n) is 7.03. The molecule has 1 aromatic heterocycles. The fourth-order valence-electron chi connectivity index (χ4n) is 3.58. The second-order valence-electron chi connectivity index (χ2n) is 6.24. The summed E-state index contributed by atoms with van der Waals surface area (Å²) in [5, 5.41) is 10.6. The van der Waals surface area contributed by atoms with Gasteiger partial charge in [0.25, 0.3) is 0 Å². The number of hydrogen-bond acceptors (Lipinski definition) is 3. The molecule has 2 aliphatic rings. The summed E-state index contributed by atoms with van der Waals surface area (Å²) in [6, 6.07) is 8.48. The summed E-state index contributed by atoms with van der Waals surface area (Å²) in [7, 11) is 0. The first-order chi connectivity index (χ1) is 9.59. The molecule has 4 nitrogen and oxygen atoms in total. The SMILES string of the molecule is CC1(C)OC[C@H]([C@H]2c3ccccc3-c3cncn32)[C@@H]1O. The number of fused-ring (bicyclic) bond motifs is 3. The fourth-order valence-corrected chi connectivity index (χ4v) is 3.58. The molecule has 0 saturated carbocycles. The molecule has 0 bridgehead atoms. The second kappa shape index (κ2) is 3.93. The molecule has 0 radical (unpaired) electrons. The van der Waals surface area contributed by atoms with Crippen molar-refractivity contribution < 1.29 is 9.84 Å². The number of ether oxygens (including phenoxy) is 1. The first-order valence-corrected chi connectivity index (χ1v) is 7.03. The largest absolute Gasteiger partial charge is 0.390 e. The van der Waals surface area contributed by atoms with E-state index in [9.17, 15) is 5.11 Å². The normalized spacial score (nSPS) is 30.2. The molecule has 0 spiro atoms. The Balaban J connectivity index is 1.84. The lowest BCUT2D eigenvalue weighted by molar-refractivity contribution is -0.0321. The molecule has 3 heterocycles. The topological polar surface area (TPSA) is 47.3 Å². The van der Waals surface area contributed by atoms with E-state index >= 15 is 0 Å². The summed E-state index contributed by atoms with van der Waals surface area (Å²) in [5.74, 6) is 0.0570. The minimum Gasteiger partial charge on any atom is -0.390 e. The molecule has 2 aromatic rings. The molecule has 0 amide bonds. The lowest BCUT2D eigenvalue weighted by Gasteiger charge is -2.28. The van der Waals surface area contributed by atoms with Crippen LogP contribution in [-0.4, -0.2) is 33.0 Å². The Labute approximate surface area is 118 Å². The molecule has 3 atom stereocenters. The van der Waals surface area contributed by atoms with Crippen molar-refractivity contribution in [1.82, 2.24) is 9.55 Å². The van der Waals surface area contributed by atoms with Crippen LogP contribution in [0.2, 0.25) is 0 Å². The standard InChI is InChI=1S/C16H18N2O2/c1-16(2)15(19)12(8-20-16)14-11-6-4-3-5-10(11)13-7-17-9-18(13)14/h3-7,9,12,14-15,19H,8H2,1-2H3/t12-,14-,15+/m1/s1. The van der Waals surface area contributed by atoms with Crippen molar-refractivity contribution in [2.75, 3.05) is 6.61 Å². The van der Waals surface area contributed by atoms with Crippen LogP contribution in [0.4, 0.5) is 0 Å². The Morgan fingerprint density at radius 2 is 2.15 bits per heavy atom. The van der Waals surface area contributed by atoms with Crippen LogP contribution in [0.5, 0.6) is 0 Å². The van der Waals surface area contributed by atoms with Gasteiger partial charge in [-0.15, -0.1) is 0 Å². The maximum Gasteiger partial charge on any atom is 0.0956 e. The molecule has 1 N–H and O–H groups in total. The van der Waals surface area contributed by atoms with Gasteiger partial charge in [0.1, 0.15) is 0 Å². The van der Waals surface area contributed by atoms with Crippen molar-refractivity contribution >= 4 is 0 Å². The lowest BCUT2D eigenvalue weighted by atomic mass is 9.85. The number of hydrogen-bond donors (Lipinski definition) is 1. The molecule has 1 fully saturated rings. The van der Waals surface area contributed by atoms with Crippen molar-refractivity contribution in [1.29, 1.82) is 0 Å². The minimum atomic E-state index is -0.483. The Hall–Kier alpha value is -1.65. The molecule has 2 aliphatic heterocycles. The van der Waals surface area contributed by atoms with Crippen LogP contribution >= 0.6 is 0 Å². The highest BCUT2D eigenvalue weighted by atomic mass is 16.5. The Morgan fingerprint density at radius 3 is 2.90 bits per heavy atom. The molecule has 0 aliphatic carbocycles. The Morgan fingerprint density at radius 1 is 1.35 bits per heavy atom. The van der Waals surface area contributed by atoms with E-state index in [1.165, 1.54) is 11.1 Å². The van der Waals surface area contributed by atoms with Gasteiger partial charge >= 0.3 is 0 Å². The van der Waals surface area contributed by atoms with E-state index in [4.69, 9.17) is 4.74 Å². The van der Waals surface area contributed by atoms with E-state index in [1.54, 1.807) is 0 Å². The molecular weight excluding hydrogens is 252 g/mol. The zero-order valence-corrected chi connectivity index (χ0v) is 11.7. The van der Waals surface area contributed by atoms with Gasteiger partial charge in [0.15, 0.2) is 0 Å². The van der Waals surface area contributed by atoms with Gasteiger partial charge in [0.2, 0.25) is 0 Å². The van der Waals surface area contributed by atoms with Crippen molar-refractivity contribution in [3.05, 3.63) is 42.4 Å². The maximum absolute atomic E-state index is 10.6. The first kappa shape index (κ1) is 12.1. The molecule has 0 unspecified atom stereocenters. The number of aliphatic hydroxyl groups excluding tert-OH is 1. The summed E-state index contributed by atoms with van der Waals surface area (Å²) in [6.45, 7) is 4.48. The zero-order chi connectivity index (χ0) is 13.9. The highest BCUT2D eigenvalue weighted by Gasteiger charge is 2.48. The average Bonchev–Trinajstić information content (AvgIpc) is 3.07. The van der Waals surface area contributed by atoms with Crippen LogP contribution < -0.4 is 0 Å². The quantitative estimate of drug-likeness (QED) is 0.864. The number of nitrogens with zero attached hydrogens (tertiary/aromatic N) is 2. The van der Waals surface area contributed by atoms with Crippen molar-refractivity contribution in [2.24, 2.45) is 5.92 Å². The lowest BCUT2D eigenvalue weighted by Crippen LogP contribution is -2.38. The van der Waals surface area contributed by atoms with Crippen molar-refractivity contribution in [3.8, 4) is 11.3 Å². The fraction of sp³-hybridized carbons (Fsp3) is 0.438. The molecule has 104 valence electrons. The predicted molar refractivity (Wildman–Crippen MR) is 75.3 cm³/mol. The van der Waals surface area contributed by atoms with Crippen LogP contribution in [0.1, 0.15) is 25.5 Å². The van der Waals surface area contributed by atoms with Gasteiger partial charge in [0, 0.05) is 11.5 Å². The molecule has 20 heavy (non-hydrogen) atoms. The van der Waals surface area contributed by atoms with Gasteiger partial charge in [-0.25, -0.2) is 4.98 Å². The predicted octanol–water partition coefficient (Wildman–Crippen LogP) is 2.24. The van der Waals surface area contributed by atoms with Gasteiger partial charge in [-0.2, -0.15) is 0 Å². The summed E-state index contributed by atoms with van der Waals surface area (Å²) in [5.41, 5.74) is 3.12. The molecule has 1 saturated heterocycles. The zero-order valence-electron chi connectivity index (χ0n) is 11.7.